The smallest absolute Gasteiger partial charge is 0.212 e. The van der Waals surface area contributed by atoms with Crippen LogP contribution in [0.15, 0.2) is 6.20 Å². The molecule has 0 bridgehead atoms. The SMILES string of the molecule is Cc1cnc(NC=O)c(C)n1. The van der Waals surface area contributed by atoms with E-state index < -0.39 is 0 Å². The van der Waals surface area contributed by atoms with Crippen LogP contribution in [0.5, 0.6) is 0 Å². The summed E-state index contributed by atoms with van der Waals surface area (Å²) in [5.74, 6) is 0.519. The van der Waals surface area contributed by atoms with Crippen molar-refractivity contribution in [2.45, 2.75) is 13.8 Å². The number of aromatic nitrogens is 2. The summed E-state index contributed by atoms with van der Waals surface area (Å²) in [4.78, 5) is 18.1. The predicted octanol–water partition coefficient (Wildman–Crippen LogP) is 0.662. The molecular weight excluding hydrogens is 142 g/mol. The molecule has 0 aliphatic heterocycles. The molecule has 4 nitrogen and oxygen atoms in total. The molecule has 0 atom stereocenters. The van der Waals surface area contributed by atoms with Crippen LogP contribution >= 0.6 is 0 Å². The number of carbonyl (C=O) groups excluding carboxylic acids is 1. The summed E-state index contributed by atoms with van der Waals surface area (Å²) in [6.07, 6.45) is 2.20. The average Bonchev–Trinajstić information content (AvgIpc) is 1.95. The second kappa shape index (κ2) is 3.09. The highest BCUT2D eigenvalue weighted by Crippen LogP contribution is 2.06. The second-order valence-corrected chi connectivity index (χ2v) is 2.21. The van der Waals surface area contributed by atoms with Gasteiger partial charge in [-0.25, -0.2) is 4.98 Å². The Labute approximate surface area is 64.7 Å². The first kappa shape index (κ1) is 7.65. The lowest BCUT2D eigenvalue weighted by Gasteiger charge is -2.00. The van der Waals surface area contributed by atoms with E-state index in [4.69, 9.17) is 0 Å². The highest BCUT2D eigenvalue weighted by molar-refractivity contribution is 5.69. The number of hydrogen-bond acceptors (Lipinski definition) is 3. The van der Waals surface area contributed by atoms with Gasteiger partial charge in [-0.3, -0.25) is 9.78 Å². The normalized spacial score (nSPS) is 9.27. The van der Waals surface area contributed by atoms with Crippen LogP contribution in [0.25, 0.3) is 0 Å². The minimum absolute atomic E-state index is 0.519. The molecule has 0 fully saturated rings. The molecule has 0 aromatic carbocycles. The number of aryl methyl sites for hydroxylation is 2. The van der Waals surface area contributed by atoms with Gasteiger partial charge in [0.05, 0.1) is 17.6 Å². The maximum absolute atomic E-state index is 10.0. The third-order valence-corrected chi connectivity index (χ3v) is 1.26. The van der Waals surface area contributed by atoms with Crippen molar-refractivity contribution in [3.8, 4) is 0 Å². The van der Waals surface area contributed by atoms with Gasteiger partial charge in [0.2, 0.25) is 6.41 Å². The Balaban J connectivity index is 2.98. The summed E-state index contributed by atoms with van der Waals surface area (Å²) in [5, 5.41) is 2.45. The number of amides is 1. The van der Waals surface area contributed by atoms with Crippen molar-refractivity contribution in [1.82, 2.24) is 9.97 Å². The van der Waals surface area contributed by atoms with Crippen molar-refractivity contribution in [2.75, 3.05) is 5.32 Å². The number of rotatable bonds is 2. The zero-order valence-corrected chi connectivity index (χ0v) is 6.46. The van der Waals surface area contributed by atoms with Crippen LogP contribution in [-0.2, 0) is 4.79 Å². The Morgan fingerprint density at radius 2 is 2.27 bits per heavy atom. The molecule has 0 aliphatic carbocycles. The van der Waals surface area contributed by atoms with Crippen molar-refractivity contribution in [3.05, 3.63) is 17.6 Å². The first-order valence-corrected chi connectivity index (χ1v) is 3.24. The monoisotopic (exact) mass is 151 g/mol. The molecule has 0 spiro atoms. The Kier molecular flexibility index (Phi) is 2.15. The van der Waals surface area contributed by atoms with Crippen molar-refractivity contribution in [1.29, 1.82) is 0 Å². The summed E-state index contributed by atoms with van der Waals surface area (Å²) >= 11 is 0. The maximum Gasteiger partial charge on any atom is 0.212 e. The van der Waals surface area contributed by atoms with Crippen molar-refractivity contribution >= 4 is 12.2 Å². The van der Waals surface area contributed by atoms with Gasteiger partial charge in [-0.15, -0.1) is 0 Å². The van der Waals surface area contributed by atoms with E-state index in [1.165, 1.54) is 0 Å². The van der Waals surface area contributed by atoms with Gasteiger partial charge in [-0.1, -0.05) is 0 Å². The Hall–Kier alpha value is -1.45. The summed E-state index contributed by atoms with van der Waals surface area (Å²) < 4.78 is 0. The van der Waals surface area contributed by atoms with Crippen LogP contribution in [0.3, 0.4) is 0 Å². The summed E-state index contributed by atoms with van der Waals surface area (Å²) in [6.45, 7) is 3.65. The van der Waals surface area contributed by atoms with Gasteiger partial charge in [-0.05, 0) is 13.8 Å². The number of nitrogens with one attached hydrogen (secondary N) is 1. The molecule has 0 saturated heterocycles. The van der Waals surface area contributed by atoms with Crippen molar-refractivity contribution < 1.29 is 4.79 Å². The third kappa shape index (κ3) is 1.73. The molecule has 4 heteroatoms. The minimum atomic E-state index is 0.519. The third-order valence-electron chi connectivity index (χ3n) is 1.26. The van der Waals surface area contributed by atoms with Gasteiger partial charge in [0.15, 0.2) is 5.82 Å². The van der Waals surface area contributed by atoms with E-state index in [2.05, 4.69) is 15.3 Å². The van der Waals surface area contributed by atoms with Crippen LogP contribution in [0.1, 0.15) is 11.4 Å². The molecular formula is C7H9N3O. The predicted molar refractivity (Wildman–Crippen MR) is 41.2 cm³/mol. The summed E-state index contributed by atoms with van der Waals surface area (Å²) in [7, 11) is 0. The molecule has 58 valence electrons. The van der Waals surface area contributed by atoms with Crippen LogP contribution in [0.2, 0.25) is 0 Å². The van der Waals surface area contributed by atoms with E-state index in [9.17, 15) is 4.79 Å². The highest BCUT2D eigenvalue weighted by atomic mass is 16.1. The van der Waals surface area contributed by atoms with Gasteiger partial charge >= 0.3 is 0 Å². The Morgan fingerprint density at radius 1 is 1.55 bits per heavy atom. The molecule has 0 unspecified atom stereocenters. The lowest BCUT2D eigenvalue weighted by molar-refractivity contribution is -0.105. The zero-order valence-electron chi connectivity index (χ0n) is 6.46. The molecule has 0 radical (unpaired) electrons. The average molecular weight is 151 g/mol. The van der Waals surface area contributed by atoms with Gasteiger partial charge in [0.1, 0.15) is 0 Å². The lowest BCUT2D eigenvalue weighted by atomic mass is 10.4. The number of carbonyl (C=O) groups is 1. The molecule has 1 N–H and O–H groups in total. The van der Waals surface area contributed by atoms with E-state index in [1.54, 1.807) is 13.1 Å². The Morgan fingerprint density at radius 3 is 2.82 bits per heavy atom. The molecule has 1 aromatic rings. The first-order valence-electron chi connectivity index (χ1n) is 3.24. The highest BCUT2D eigenvalue weighted by Gasteiger charge is 1.98. The fourth-order valence-electron chi connectivity index (χ4n) is 0.795. The van der Waals surface area contributed by atoms with Gasteiger partial charge in [0.25, 0.3) is 0 Å². The summed E-state index contributed by atoms with van der Waals surface area (Å²) in [6, 6.07) is 0. The van der Waals surface area contributed by atoms with E-state index in [0.29, 0.717) is 12.2 Å². The van der Waals surface area contributed by atoms with Crippen molar-refractivity contribution in [2.24, 2.45) is 0 Å². The van der Waals surface area contributed by atoms with E-state index >= 15 is 0 Å². The van der Waals surface area contributed by atoms with Crippen LogP contribution < -0.4 is 5.32 Å². The maximum atomic E-state index is 10.0. The molecule has 0 aliphatic rings. The molecule has 1 aromatic heterocycles. The van der Waals surface area contributed by atoms with Gasteiger partial charge < -0.3 is 5.32 Å². The molecule has 11 heavy (non-hydrogen) atoms. The number of nitrogens with zero attached hydrogens (tertiary/aromatic N) is 2. The lowest BCUT2D eigenvalue weighted by Crippen LogP contribution is -2.01. The van der Waals surface area contributed by atoms with E-state index in [0.717, 1.165) is 11.4 Å². The summed E-state index contributed by atoms with van der Waals surface area (Å²) in [5.41, 5.74) is 1.58. The standard InChI is InChI=1S/C7H9N3O/c1-5-3-8-7(9-4-11)6(2)10-5/h3-4H,1-2H3,(H,8,9,11). The van der Waals surface area contributed by atoms with E-state index in [-0.39, 0.29) is 0 Å². The van der Waals surface area contributed by atoms with Crippen LogP contribution in [-0.4, -0.2) is 16.4 Å². The number of hydrogen-bond donors (Lipinski definition) is 1. The second-order valence-electron chi connectivity index (χ2n) is 2.21. The minimum Gasteiger partial charge on any atom is -0.312 e. The quantitative estimate of drug-likeness (QED) is 0.632. The topological polar surface area (TPSA) is 54.9 Å². The number of anilines is 1. The zero-order chi connectivity index (χ0) is 8.27. The van der Waals surface area contributed by atoms with Crippen molar-refractivity contribution in [3.63, 3.8) is 0 Å². The molecule has 1 amide bonds. The Bertz CT molecular complexity index is 272. The molecule has 1 rings (SSSR count). The van der Waals surface area contributed by atoms with Gasteiger partial charge in [0, 0.05) is 0 Å². The fraction of sp³-hybridized carbons (Fsp3) is 0.286. The van der Waals surface area contributed by atoms with Crippen LogP contribution in [0, 0.1) is 13.8 Å². The van der Waals surface area contributed by atoms with Crippen LogP contribution in [0.4, 0.5) is 5.82 Å². The van der Waals surface area contributed by atoms with E-state index in [1.807, 2.05) is 6.92 Å². The fourth-order valence-corrected chi connectivity index (χ4v) is 0.795. The molecule has 1 heterocycles. The largest absolute Gasteiger partial charge is 0.312 e. The molecule has 0 saturated carbocycles. The van der Waals surface area contributed by atoms with Gasteiger partial charge in [-0.2, -0.15) is 0 Å². The first-order chi connectivity index (χ1) is 5.24.